The third-order valence-corrected chi connectivity index (χ3v) is 7.83. The van der Waals surface area contributed by atoms with Crippen molar-refractivity contribution in [2.24, 2.45) is 0 Å². The molecule has 0 bridgehead atoms. The maximum absolute atomic E-state index is 6.42. The van der Waals surface area contributed by atoms with E-state index >= 15 is 0 Å². The fraction of sp³-hybridized carbons (Fsp3) is 0.158. The minimum Gasteiger partial charge on any atom is -0.509 e. The van der Waals surface area contributed by atoms with Gasteiger partial charge in [0.1, 0.15) is 5.82 Å². The van der Waals surface area contributed by atoms with E-state index in [1.165, 1.54) is 16.8 Å². The number of hydrogen-bond donors (Lipinski definition) is 0. The molecule has 0 saturated carbocycles. The van der Waals surface area contributed by atoms with Crippen molar-refractivity contribution in [3.8, 4) is 34.1 Å². The second-order valence-electron chi connectivity index (χ2n) is 10.8. The van der Waals surface area contributed by atoms with Crippen molar-refractivity contribution in [3.05, 3.63) is 132 Å². The summed E-state index contributed by atoms with van der Waals surface area (Å²) in [6, 6.07) is 40.1. The molecule has 0 radical (unpaired) electrons. The average molecular weight is 756 g/mol. The van der Waals surface area contributed by atoms with Crippen LogP contribution in [0.4, 0.5) is 0 Å². The van der Waals surface area contributed by atoms with E-state index in [9.17, 15) is 0 Å². The number of para-hydroxylation sites is 1. The molecule has 0 spiro atoms. The Morgan fingerprint density at radius 1 is 0.795 bits per heavy atom. The molecule has 0 fully saturated rings. The summed E-state index contributed by atoms with van der Waals surface area (Å²) in [5.41, 5.74) is 8.72. The maximum Gasteiger partial charge on any atom is 2.00 e. The summed E-state index contributed by atoms with van der Waals surface area (Å²) in [6.45, 7) is 6.45. The molecule has 0 aliphatic carbocycles. The van der Waals surface area contributed by atoms with Crippen LogP contribution < -0.4 is 4.74 Å². The van der Waals surface area contributed by atoms with E-state index in [0.717, 1.165) is 63.8 Å². The van der Waals surface area contributed by atoms with Crippen LogP contribution in [0.15, 0.2) is 103 Å². The Labute approximate surface area is 272 Å². The molecule has 0 atom stereocenters. The number of fused-ring (bicyclic) bond motifs is 3. The first kappa shape index (κ1) is 29.6. The van der Waals surface area contributed by atoms with Crippen molar-refractivity contribution < 1.29 is 25.8 Å². The van der Waals surface area contributed by atoms with Crippen LogP contribution in [-0.4, -0.2) is 19.3 Å². The Morgan fingerprint density at radius 2 is 1.59 bits per heavy atom. The SMILES string of the molecule is CCCc1c(-c2ccccc2)c(CC)nn1-c1[c-]c(Oc2[c-]c3c(cc2)c2ccccc2n3-c2cc(C)ccn2)ccc1.[Pt+2]. The van der Waals surface area contributed by atoms with Crippen LogP contribution in [0.5, 0.6) is 11.5 Å². The van der Waals surface area contributed by atoms with Crippen LogP contribution in [0.3, 0.4) is 0 Å². The molecule has 6 heteroatoms. The minimum atomic E-state index is 0. The molecule has 220 valence electrons. The van der Waals surface area contributed by atoms with Gasteiger partial charge in [0, 0.05) is 34.5 Å². The van der Waals surface area contributed by atoms with Crippen LogP contribution in [0, 0.1) is 19.1 Å². The molecule has 3 heterocycles. The summed E-state index contributed by atoms with van der Waals surface area (Å²) >= 11 is 0. The summed E-state index contributed by atoms with van der Waals surface area (Å²) < 4.78 is 10.6. The van der Waals surface area contributed by atoms with Gasteiger partial charge in [-0.05, 0) is 60.2 Å². The zero-order valence-corrected chi connectivity index (χ0v) is 27.2. The number of hydrogen-bond acceptors (Lipinski definition) is 3. The van der Waals surface area contributed by atoms with Crippen LogP contribution in [0.1, 0.15) is 37.2 Å². The third kappa shape index (κ3) is 5.37. The van der Waals surface area contributed by atoms with Gasteiger partial charge in [-0.25, -0.2) is 4.98 Å². The van der Waals surface area contributed by atoms with Crippen molar-refractivity contribution >= 4 is 21.8 Å². The van der Waals surface area contributed by atoms with Crippen LogP contribution in [0.25, 0.3) is 44.4 Å². The quantitative estimate of drug-likeness (QED) is 0.145. The standard InChI is InChI=1S/C38H32N4O.Pt/c1-4-12-35-38(27-13-7-6-8-14-27)33(5-2)40-42(35)28-15-11-16-29(24-28)43-30-19-20-32-31-17-9-10-18-34(31)41(36(32)25-30)37-23-26(3)21-22-39-37;/h6-11,13-23H,4-5,12H2,1-3H3;/q-2;+2. The van der Waals surface area contributed by atoms with Gasteiger partial charge >= 0.3 is 21.1 Å². The van der Waals surface area contributed by atoms with Gasteiger partial charge in [0.2, 0.25) is 0 Å². The molecule has 7 aromatic rings. The van der Waals surface area contributed by atoms with Gasteiger partial charge in [-0.1, -0.05) is 74.3 Å². The predicted octanol–water partition coefficient (Wildman–Crippen LogP) is 9.24. The van der Waals surface area contributed by atoms with E-state index < -0.39 is 0 Å². The first-order valence-electron chi connectivity index (χ1n) is 14.9. The largest absolute Gasteiger partial charge is 2.00 e. The van der Waals surface area contributed by atoms with Gasteiger partial charge in [0.05, 0.1) is 5.69 Å². The molecule has 5 nitrogen and oxygen atoms in total. The minimum absolute atomic E-state index is 0. The molecular formula is C38H32N4OPt. The van der Waals surface area contributed by atoms with E-state index in [1.807, 2.05) is 41.2 Å². The van der Waals surface area contributed by atoms with Gasteiger partial charge in [-0.15, -0.1) is 35.7 Å². The molecule has 0 unspecified atom stereocenters. The van der Waals surface area contributed by atoms with Crippen LogP contribution in [-0.2, 0) is 33.9 Å². The Morgan fingerprint density at radius 3 is 2.39 bits per heavy atom. The van der Waals surface area contributed by atoms with Gasteiger partial charge < -0.3 is 9.30 Å². The topological polar surface area (TPSA) is 44.9 Å². The van der Waals surface area contributed by atoms with Crippen molar-refractivity contribution in [1.82, 2.24) is 19.3 Å². The molecule has 4 aromatic carbocycles. The van der Waals surface area contributed by atoms with Gasteiger partial charge in [0.25, 0.3) is 0 Å². The molecule has 0 N–H and O–H groups in total. The fourth-order valence-electron chi connectivity index (χ4n) is 5.91. The Balaban J connectivity index is 0.00000343. The normalized spacial score (nSPS) is 11.2. The predicted molar refractivity (Wildman–Crippen MR) is 173 cm³/mol. The molecule has 0 aliphatic rings. The molecule has 0 saturated heterocycles. The summed E-state index contributed by atoms with van der Waals surface area (Å²) in [4.78, 5) is 4.69. The van der Waals surface area contributed by atoms with Gasteiger partial charge in [-0.2, -0.15) is 17.2 Å². The molecule has 0 amide bonds. The van der Waals surface area contributed by atoms with Gasteiger partial charge in [-0.3, -0.25) is 4.68 Å². The molecule has 0 aliphatic heterocycles. The van der Waals surface area contributed by atoms with E-state index in [4.69, 9.17) is 9.84 Å². The van der Waals surface area contributed by atoms with E-state index in [1.54, 1.807) is 0 Å². The summed E-state index contributed by atoms with van der Waals surface area (Å²) in [6.07, 6.45) is 4.63. The number of aryl methyl sites for hydroxylation is 2. The van der Waals surface area contributed by atoms with E-state index in [0.29, 0.717) is 11.5 Å². The molecule has 44 heavy (non-hydrogen) atoms. The Kier molecular flexibility index (Phi) is 8.50. The average Bonchev–Trinajstić information content (AvgIpc) is 3.57. The third-order valence-electron chi connectivity index (χ3n) is 7.83. The Bertz CT molecular complexity index is 2080. The first-order chi connectivity index (χ1) is 21.1. The van der Waals surface area contributed by atoms with Gasteiger partial charge in [0.15, 0.2) is 0 Å². The number of rotatable bonds is 8. The monoisotopic (exact) mass is 755 g/mol. The van der Waals surface area contributed by atoms with E-state index in [-0.39, 0.29) is 21.1 Å². The smallest absolute Gasteiger partial charge is 0.509 e. The summed E-state index contributed by atoms with van der Waals surface area (Å²) in [7, 11) is 0. The first-order valence-corrected chi connectivity index (χ1v) is 14.9. The number of ether oxygens (including phenoxy) is 1. The van der Waals surface area contributed by atoms with Crippen LogP contribution >= 0.6 is 0 Å². The van der Waals surface area contributed by atoms with E-state index in [2.05, 4.69) is 109 Å². The summed E-state index contributed by atoms with van der Waals surface area (Å²) in [5.74, 6) is 2.09. The number of aromatic nitrogens is 4. The second-order valence-corrected chi connectivity index (χ2v) is 10.8. The fourth-order valence-corrected chi connectivity index (χ4v) is 5.91. The van der Waals surface area contributed by atoms with Crippen molar-refractivity contribution in [1.29, 1.82) is 0 Å². The number of nitrogens with zero attached hydrogens (tertiary/aromatic N) is 4. The number of benzene rings is 4. The summed E-state index contributed by atoms with van der Waals surface area (Å²) in [5, 5.41) is 7.33. The zero-order valence-electron chi connectivity index (χ0n) is 24.9. The second kappa shape index (κ2) is 12.6. The Hall–Kier alpha value is -4.47. The number of pyridine rings is 1. The zero-order chi connectivity index (χ0) is 29.3. The molecule has 7 rings (SSSR count). The van der Waals surface area contributed by atoms with Crippen molar-refractivity contribution in [2.45, 2.75) is 40.0 Å². The van der Waals surface area contributed by atoms with Crippen molar-refractivity contribution in [2.75, 3.05) is 0 Å². The molecule has 3 aromatic heterocycles. The maximum atomic E-state index is 6.42. The molecular weight excluding hydrogens is 724 g/mol. The van der Waals surface area contributed by atoms with Crippen LogP contribution in [0.2, 0.25) is 0 Å². The van der Waals surface area contributed by atoms with Crippen molar-refractivity contribution in [3.63, 3.8) is 0 Å².